The van der Waals surface area contributed by atoms with Gasteiger partial charge in [0.1, 0.15) is 23.3 Å². The molecular formula is C26H20ClN3O4S. The van der Waals surface area contributed by atoms with Crippen molar-refractivity contribution >= 4 is 40.6 Å². The smallest absolute Gasteiger partial charge is 0.335 e. The number of halogens is 1. The fourth-order valence-corrected chi connectivity index (χ4v) is 4.77. The van der Waals surface area contributed by atoms with Crippen molar-refractivity contribution in [3.8, 4) is 17.1 Å². The van der Waals surface area contributed by atoms with Crippen molar-refractivity contribution in [3.63, 3.8) is 0 Å². The summed E-state index contributed by atoms with van der Waals surface area (Å²) in [7, 11) is 1.57. The predicted molar refractivity (Wildman–Crippen MR) is 137 cm³/mol. The summed E-state index contributed by atoms with van der Waals surface area (Å²) in [6.45, 7) is 0. The number of benzene rings is 2. The highest BCUT2D eigenvalue weighted by Crippen LogP contribution is 2.44. The lowest BCUT2D eigenvalue weighted by molar-refractivity contribution is 0.0697. The number of carboxylic acid groups (broad SMARTS) is 1. The van der Waals surface area contributed by atoms with Crippen LogP contribution >= 0.6 is 23.8 Å². The van der Waals surface area contributed by atoms with E-state index >= 15 is 0 Å². The van der Waals surface area contributed by atoms with Crippen molar-refractivity contribution in [2.75, 3.05) is 12.0 Å². The Hall–Kier alpha value is -3.88. The number of hydrogen-bond donors (Lipinski definition) is 2. The van der Waals surface area contributed by atoms with Gasteiger partial charge in [0.15, 0.2) is 5.11 Å². The van der Waals surface area contributed by atoms with Crippen LogP contribution < -0.4 is 15.0 Å². The average Bonchev–Trinajstić information content (AvgIpc) is 3.49. The van der Waals surface area contributed by atoms with Gasteiger partial charge in [-0.1, -0.05) is 29.8 Å². The number of methoxy groups -OCH3 is 1. The minimum Gasteiger partial charge on any atom is -0.495 e. The molecule has 0 bridgehead atoms. The number of thiocarbonyl (C=S) groups is 1. The van der Waals surface area contributed by atoms with Gasteiger partial charge in [0.25, 0.3) is 0 Å². The molecule has 35 heavy (non-hydrogen) atoms. The Morgan fingerprint density at radius 3 is 2.60 bits per heavy atom. The number of nitrogens with zero attached hydrogens (tertiary/aromatic N) is 2. The zero-order valence-electron chi connectivity index (χ0n) is 18.5. The van der Waals surface area contributed by atoms with E-state index in [1.165, 1.54) is 0 Å². The summed E-state index contributed by atoms with van der Waals surface area (Å²) in [5, 5.41) is 13.5. The molecule has 1 aliphatic heterocycles. The number of furan rings is 1. The lowest BCUT2D eigenvalue weighted by atomic mass is 10.0. The SMILES string of the molecule is COc1ccc(N2C(=S)N[C@H](c3ccccn3)[C@@H]2c2ccc(-c3ccc(C(=O)O)cc3)o2)cc1Cl. The van der Waals surface area contributed by atoms with Crippen molar-refractivity contribution in [3.05, 3.63) is 101 Å². The third kappa shape index (κ3) is 4.34. The van der Waals surface area contributed by atoms with E-state index in [-0.39, 0.29) is 17.6 Å². The Morgan fingerprint density at radius 2 is 1.94 bits per heavy atom. The summed E-state index contributed by atoms with van der Waals surface area (Å²) in [5.74, 6) is 0.866. The summed E-state index contributed by atoms with van der Waals surface area (Å²) < 4.78 is 11.6. The second-order valence-electron chi connectivity index (χ2n) is 7.90. The first-order valence-electron chi connectivity index (χ1n) is 10.7. The monoisotopic (exact) mass is 505 g/mol. The Labute approximate surface area is 211 Å². The van der Waals surface area contributed by atoms with E-state index in [1.54, 1.807) is 49.7 Å². The van der Waals surface area contributed by atoms with Crippen LogP contribution in [0.2, 0.25) is 5.02 Å². The van der Waals surface area contributed by atoms with Crippen molar-refractivity contribution in [1.82, 2.24) is 10.3 Å². The highest BCUT2D eigenvalue weighted by Gasteiger charge is 2.42. The van der Waals surface area contributed by atoms with Crippen molar-refractivity contribution < 1.29 is 19.1 Å². The molecule has 176 valence electrons. The number of anilines is 1. The second-order valence-corrected chi connectivity index (χ2v) is 8.69. The van der Waals surface area contributed by atoms with E-state index in [2.05, 4.69) is 10.3 Å². The van der Waals surface area contributed by atoms with Crippen LogP contribution in [-0.2, 0) is 0 Å². The topological polar surface area (TPSA) is 87.8 Å². The lowest BCUT2D eigenvalue weighted by Crippen LogP contribution is -2.29. The van der Waals surface area contributed by atoms with Crippen LogP contribution in [0.3, 0.4) is 0 Å². The zero-order valence-corrected chi connectivity index (χ0v) is 20.1. The molecule has 2 N–H and O–H groups in total. The summed E-state index contributed by atoms with van der Waals surface area (Å²) in [6.07, 6.45) is 1.74. The number of carbonyl (C=O) groups is 1. The number of ether oxygens (including phenoxy) is 1. The maximum Gasteiger partial charge on any atom is 0.335 e. The van der Waals surface area contributed by atoms with Gasteiger partial charge in [0, 0.05) is 17.4 Å². The maximum absolute atomic E-state index is 11.2. The molecular weight excluding hydrogens is 486 g/mol. The van der Waals surface area contributed by atoms with Gasteiger partial charge in [-0.15, -0.1) is 0 Å². The Balaban J connectivity index is 1.57. The van der Waals surface area contributed by atoms with Gasteiger partial charge < -0.3 is 24.5 Å². The molecule has 1 aliphatic rings. The maximum atomic E-state index is 11.2. The van der Waals surface area contributed by atoms with E-state index in [1.807, 2.05) is 41.3 Å². The number of nitrogens with one attached hydrogen (secondary N) is 1. The largest absolute Gasteiger partial charge is 0.495 e. The normalized spacial score (nSPS) is 17.3. The number of rotatable bonds is 6. The van der Waals surface area contributed by atoms with E-state index in [9.17, 15) is 9.90 Å². The lowest BCUT2D eigenvalue weighted by Gasteiger charge is -2.26. The molecule has 2 aromatic heterocycles. The zero-order chi connectivity index (χ0) is 24.5. The van der Waals surface area contributed by atoms with Crippen LogP contribution in [0.15, 0.2) is 83.4 Å². The van der Waals surface area contributed by atoms with Gasteiger partial charge in [-0.25, -0.2) is 4.79 Å². The van der Waals surface area contributed by atoms with Gasteiger partial charge in [-0.05, 0) is 66.8 Å². The molecule has 3 heterocycles. The Bertz CT molecular complexity index is 1390. The number of carboxylic acids is 1. The van der Waals surface area contributed by atoms with Crippen molar-refractivity contribution in [2.45, 2.75) is 12.1 Å². The molecule has 1 fully saturated rings. The van der Waals surface area contributed by atoms with Crippen LogP contribution in [0, 0.1) is 0 Å². The third-order valence-corrected chi connectivity index (χ3v) is 6.46. The average molecular weight is 506 g/mol. The van der Waals surface area contributed by atoms with E-state index in [0.29, 0.717) is 27.4 Å². The standard InChI is InChI=1S/C26H20ClN3O4S/c1-33-21-10-9-17(14-18(21)27)30-24(23(29-26(30)35)19-4-2-3-13-28-19)22-12-11-20(34-22)15-5-7-16(8-6-15)25(31)32/h2-14,23-24H,1H3,(H,29,35)(H,31,32)/t23-,24+/m1/s1. The first kappa shape index (κ1) is 22.9. The highest BCUT2D eigenvalue weighted by atomic mass is 35.5. The summed E-state index contributed by atoms with van der Waals surface area (Å²) in [5.41, 5.74) is 2.57. The van der Waals surface area contributed by atoms with E-state index in [0.717, 1.165) is 16.9 Å². The summed E-state index contributed by atoms with van der Waals surface area (Å²) in [4.78, 5) is 17.7. The fourth-order valence-electron chi connectivity index (χ4n) is 4.17. The predicted octanol–water partition coefficient (Wildman–Crippen LogP) is 5.88. The molecule has 5 rings (SSSR count). The third-order valence-electron chi connectivity index (χ3n) is 5.85. The van der Waals surface area contributed by atoms with Gasteiger partial charge in [0.05, 0.1) is 29.4 Å². The fraction of sp³-hybridized carbons (Fsp3) is 0.115. The second kappa shape index (κ2) is 9.40. The Kier molecular flexibility index (Phi) is 6.15. The number of hydrogen-bond acceptors (Lipinski definition) is 5. The van der Waals surface area contributed by atoms with Crippen LogP contribution in [0.4, 0.5) is 5.69 Å². The molecule has 0 unspecified atom stereocenters. The minimum absolute atomic E-state index is 0.212. The molecule has 0 amide bonds. The van der Waals surface area contributed by atoms with Crippen molar-refractivity contribution in [2.24, 2.45) is 0 Å². The molecule has 9 heteroatoms. The van der Waals surface area contributed by atoms with Gasteiger partial charge in [-0.3, -0.25) is 4.98 Å². The number of aromatic carboxylic acids is 1. The molecule has 2 atom stereocenters. The number of aromatic nitrogens is 1. The Morgan fingerprint density at radius 1 is 1.14 bits per heavy atom. The van der Waals surface area contributed by atoms with Gasteiger partial charge in [0.2, 0.25) is 0 Å². The van der Waals surface area contributed by atoms with Gasteiger partial charge in [-0.2, -0.15) is 0 Å². The quantitative estimate of drug-likeness (QED) is 0.314. The number of pyridine rings is 1. The summed E-state index contributed by atoms with van der Waals surface area (Å²) >= 11 is 12.2. The molecule has 4 aromatic rings. The minimum atomic E-state index is -0.978. The molecule has 0 saturated carbocycles. The van der Waals surface area contributed by atoms with Crippen LogP contribution in [0.5, 0.6) is 5.75 Å². The highest BCUT2D eigenvalue weighted by molar-refractivity contribution is 7.80. The van der Waals surface area contributed by atoms with Crippen LogP contribution in [0.25, 0.3) is 11.3 Å². The molecule has 0 spiro atoms. The van der Waals surface area contributed by atoms with Crippen molar-refractivity contribution in [1.29, 1.82) is 0 Å². The molecule has 7 nitrogen and oxygen atoms in total. The molecule has 1 saturated heterocycles. The summed E-state index contributed by atoms with van der Waals surface area (Å²) in [6, 6.07) is 20.9. The molecule has 0 radical (unpaired) electrons. The van der Waals surface area contributed by atoms with Crippen LogP contribution in [0.1, 0.15) is 33.9 Å². The molecule has 0 aliphatic carbocycles. The first-order valence-corrected chi connectivity index (χ1v) is 11.5. The van der Waals surface area contributed by atoms with E-state index < -0.39 is 5.97 Å². The van der Waals surface area contributed by atoms with Gasteiger partial charge >= 0.3 is 5.97 Å². The van der Waals surface area contributed by atoms with Crippen LogP contribution in [-0.4, -0.2) is 28.3 Å². The first-order chi connectivity index (χ1) is 17.0. The molecule has 2 aromatic carbocycles. The van der Waals surface area contributed by atoms with E-state index in [4.69, 9.17) is 33.0 Å².